The third-order valence-electron chi connectivity index (χ3n) is 4.22. The molecule has 1 aromatic heterocycles. The summed E-state index contributed by atoms with van der Waals surface area (Å²) >= 11 is 0. The van der Waals surface area contributed by atoms with E-state index in [9.17, 15) is 4.79 Å². The Morgan fingerprint density at radius 2 is 1.83 bits per heavy atom. The van der Waals surface area contributed by atoms with Gasteiger partial charge in [0.2, 0.25) is 5.91 Å². The minimum atomic E-state index is -0.711. The number of amides is 1. The molecule has 0 aliphatic heterocycles. The lowest BCUT2D eigenvalue weighted by molar-refractivity contribution is -0.122. The first-order chi connectivity index (χ1) is 10.7. The van der Waals surface area contributed by atoms with Crippen LogP contribution in [0.2, 0.25) is 0 Å². The summed E-state index contributed by atoms with van der Waals surface area (Å²) in [6.45, 7) is 0.662. The minimum Gasteiger partial charge on any atom is -0.324 e. The van der Waals surface area contributed by atoms with E-state index >= 15 is 0 Å². The number of nitrogens with zero attached hydrogens (tertiary/aromatic N) is 3. The number of nitrogens with two attached hydrogens (primary N) is 1. The molecule has 0 radical (unpaired) electrons. The van der Waals surface area contributed by atoms with Crippen LogP contribution in [-0.4, -0.2) is 26.2 Å². The monoisotopic (exact) mass is 371 g/mol. The van der Waals surface area contributed by atoms with E-state index in [2.05, 4.69) is 15.4 Å². The number of hydrogen-bond acceptors (Lipinski definition) is 4. The maximum absolute atomic E-state index is 12.4. The fraction of sp³-hybridized carbons (Fsp3) is 0.438. The molecule has 1 fully saturated rings. The van der Waals surface area contributed by atoms with Crippen molar-refractivity contribution in [2.45, 2.75) is 44.2 Å². The molecule has 2 aromatic rings. The first kappa shape index (κ1) is 20.4. The van der Waals surface area contributed by atoms with E-state index in [1.54, 1.807) is 11.0 Å². The van der Waals surface area contributed by atoms with Crippen LogP contribution in [0, 0.1) is 0 Å². The molecule has 0 saturated heterocycles. The van der Waals surface area contributed by atoms with Crippen LogP contribution >= 0.6 is 24.8 Å². The maximum atomic E-state index is 12.4. The van der Waals surface area contributed by atoms with Crippen molar-refractivity contribution < 1.29 is 4.79 Å². The van der Waals surface area contributed by atoms with Gasteiger partial charge in [-0.2, -0.15) is 5.10 Å². The van der Waals surface area contributed by atoms with Crippen LogP contribution in [0.5, 0.6) is 0 Å². The molecule has 1 saturated carbocycles. The summed E-state index contributed by atoms with van der Waals surface area (Å²) in [5.74, 6) is -0.0729. The smallest absolute Gasteiger partial charge is 0.244 e. The molecule has 6 nitrogen and oxygen atoms in total. The van der Waals surface area contributed by atoms with Crippen molar-refractivity contribution in [2.24, 2.45) is 5.73 Å². The molecular formula is C16H23Cl2N5O. The van der Waals surface area contributed by atoms with Crippen LogP contribution in [0.1, 0.15) is 37.7 Å². The van der Waals surface area contributed by atoms with Gasteiger partial charge in [0.25, 0.3) is 0 Å². The molecule has 132 valence electrons. The molecular weight excluding hydrogens is 349 g/mol. The number of rotatable bonds is 4. The summed E-state index contributed by atoms with van der Waals surface area (Å²) in [4.78, 5) is 16.3. The Morgan fingerprint density at radius 3 is 2.42 bits per heavy atom. The Kier molecular flexibility index (Phi) is 7.66. The fourth-order valence-electron chi connectivity index (χ4n) is 2.86. The average Bonchev–Trinajstić information content (AvgIpc) is 3.03. The first-order valence-corrected chi connectivity index (χ1v) is 7.67. The minimum absolute atomic E-state index is 0. The summed E-state index contributed by atoms with van der Waals surface area (Å²) in [6, 6.07) is 7.75. The number of halogens is 2. The van der Waals surface area contributed by atoms with E-state index < -0.39 is 5.54 Å². The lowest BCUT2D eigenvalue weighted by atomic mass is 9.82. The van der Waals surface area contributed by atoms with Crippen molar-refractivity contribution in [3.63, 3.8) is 0 Å². The Morgan fingerprint density at radius 1 is 1.17 bits per heavy atom. The van der Waals surface area contributed by atoms with Gasteiger partial charge in [0.15, 0.2) is 0 Å². The van der Waals surface area contributed by atoms with Gasteiger partial charge in [-0.05, 0) is 30.5 Å². The van der Waals surface area contributed by atoms with Crippen molar-refractivity contribution in [1.82, 2.24) is 14.8 Å². The van der Waals surface area contributed by atoms with E-state index in [1.807, 2.05) is 24.3 Å². The molecule has 3 rings (SSSR count). The van der Waals surface area contributed by atoms with Crippen LogP contribution in [0.4, 0.5) is 5.69 Å². The Bertz CT molecular complexity index is 624. The van der Waals surface area contributed by atoms with Gasteiger partial charge in [-0.15, -0.1) is 24.8 Å². The number of benzene rings is 1. The first-order valence-electron chi connectivity index (χ1n) is 7.67. The van der Waals surface area contributed by atoms with Gasteiger partial charge in [0, 0.05) is 5.69 Å². The van der Waals surface area contributed by atoms with Crippen molar-refractivity contribution in [2.75, 3.05) is 5.32 Å². The number of carbonyl (C=O) groups excluding carboxylic acids is 1. The van der Waals surface area contributed by atoms with E-state index in [0.29, 0.717) is 6.54 Å². The summed E-state index contributed by atoms with van der Waals surface area (Å²) in [5, 5.41) is 7.01. The number of aromatic nitrogens is 3. The fourth-order valence-corrected chi connectivity index (χ4v) is 2.86. The van der Waals surface area contributed by atoms with Crippen molar-refractivity contribution >= 4 is 36.4 Å². The molecule has 1 heterocycles. The molecule has 0 unspecified atom stereocenters. The summed E-state index contributed by atoms with van der Waals surface area (Å²) in [5.41, 5.74) is 7.41. The van der Waals surface area contributed by atoms with Crippen molar-refractivity contribution in [3.05, 3.63) is 42.5 Å². The molecule has 8 heteroatoms. The van der Waals surface area contributed by atoms with E-state index in [0.717, 1.165) is 36.9 Å². The quantitative estimate of drug-likeness (QED) is 0.864. The lowest BCUT2D eigenvalue weighted by Crippen LogP contribution is -2.52. The number of hydrogen-bond donors (Lipinski definition) is 2. The molecule has 1 aliphatic carbocycles. The molecule has 24 heavy (non-hydrogen) atoms. The largest absolute Gasteiger partial charge is 0.324 e. The molecule has 0 bridgehead atoms. The van der Waals surface area contributed by atoms with E-state index in [1.165, 1.54) is 12.7 Å². The topological polar surface area (TPSA) is 85.8 Å². The van der Waals surface area contributed by atoms with Gasteiger partial charge < -0.3 is 11.1 Å². The van der Waals surface area contributed by atoms with Crippen LogP contribution in [-0.2, 0) is 11.3 Å². The number of carbonyl (C=O) groups is 1. The Balaban J connectivity index is 0.00000144. The van der Waals surface area contributed by atoms with Crippen molar-refractivity contribution in [1.29, 1.82) is 0 Å². The SMILES string of the molecule is Cl.Cl.NC1(C(=O)Nc2ccc(Cn3cncn3)cc2)CCCCC1. The molecule has 1 amide bonds. The summed E-state index contributed by atoms with van der Waals surface area (Å²) in [6.07, 6.45) is 7.95. The van der Waals surface area contributed by atoms with E-state index in [4.69, 9.17) is 5.73 Å². The van der Waals surface area contributed by atoms with Gasteiger partial charge in [0.05, 0.1) is 12.1 Å². The second-order valence-corrected chi connectivity index (χ2v) is 5.96. The normalized spacial score (nSPS) is 15.7. The van der Waals surface area contributed by atoms with Gasteiger partial charge in [-0.1, -0.05) is 31.4 Å². The molecule has 0 atom stereocenters. The third-order valence-corrected chi connectivity index (χ3v) is 4.22. The molecule has 0 spiro atoms. The standard InChI is InChI=1S/C16H21N5O.2ClH/c17-16(8-2-1-3-9-16)15(22)20-14-6-4-13(5-7-14)10-21-12-18-11-19-21;;/h4-7,11-12H,1-3,8-10,17H2,(H,20,22);2*1H. The van der Waals surface area contributed by atoms with Crippen molar-refractivity contribution in [3.8, 4) is 0 Å². The number of anilines is 1. The zero-order chi connectivity index (χ0) is 15.4. The van der Waals surface area contributed by atoms with Gasteiger partial charge in [0.1, 0.15) is 12.7 Å². The maximum Gasteiger partial charge on any atom is 0.244 e. The predicted octanol–water partition coefficient (Wildman–Crippen LogP) is 2.77. The molecule has 1 aliphatic rings. The summed E-state index contributed by atoms with van der Waals surface area (Å²) < 4.78 is 1.75. The third kappa shape index (κ3) is 4.93. The number of nitrogens with one attached hydrogen (secondary N) is 1. The zero-order valence-electron chi connectivity index (χ0n) is 13.4. The van der Waals surface area contributed by atoms with Crippen LogP contribution in [0.3, 0.4) is 0 Å². The van der Waals surface area contributed by atoms with Crippen LogP contribution < -0.4 is 11.1 Å². The van der Waals surface area contributed by atoms with Crippen LogP contribution in [0.15, 0.2) is 36.9 Å². The second kappa shape index (κ2) is 9.01. The highest BCUT2D eigenvalue weighted by Gasteiger charge is 2.35. The predicted molar refractivity (Wildman–Crippen MR) is 98.7 cm³/mol. The van der Waals surface area contributed by atoms with Gasteiger partial charge in [-0.25, -0.2) is 9.67 Å². The average molecular weight is 372 g/mol. The zero-order valence-corrected chi connectivity index (χ0v) is 15.0. The molecule has 1 aromatic carbocycles. The van der Waals surface area contributed by atoms with Crippen LogP contribution in [0.25, 0.3) is 0 Å². The lowest BCUT2D eigenvalue weighted by Gasteiger charge is -2.31. The second-order valence-electron chi connectivity index (χ2n) is 5.96. The van der Waals surface area contributed by atoms with Gasteiger partial charge in [-0.3, -0.25) is 4.79 Å². The highest BCUT2D eigenvalue weighted by Crippen LogP contribution is 2.27. The highest BCUT2D eigenvalue weighted by molar-refractivity contribution is 5.98. The van der Waals surface area contributed by atoms with E-state index in [-0.39, 0.29) is 30.7 Å². The molecule has 3 N–H and O–H groups in total. The highest BCUT2D eigenvalue weighted by atomic mass is 35.5. The summed E-state index contributed by atoms with van der Waals surface area (Å²) in [7, 11) is 0. The Labute approximate surface area is 154 Å². The Hall–Kier alpha value is -1.63. The van der Waals surface area contributed by atoms with Gasteiger partial charge >= 0.3 is 0 Å².